The van der Waals surface area contributed by atoms with E-state index < -0.39 is 59.7 Å². The predicted octanol–water partition coefficient (Wildman–Crippen LogP) is 3.90. The fraction of sp³-hybridized carbons (Fsp3) is 0.625. The second-order valence-electron chi connectivity index (χ2n) is 13.1. The topological polar surface area (TPSA) is 92.8 Å². The summed E-state index contributed by atoms with van der Waals surface area (Å²) >= 11 is 0. The summed E-state index contributed by atoms with van der Waals surface area (Å²) in [7, 11) is 0. The highest BCUT2D eigenvalue weighted by atomic mass is 16.9. The number of Topliss-reactive ketones (excluding diaryl/α,β-unsaturated/α-hetero) is 1. The van der Waals surface area contributed by atoms with Crippen molar-refractivity contribution in [2.45, 2.75) is 101 Å². The second-order valence-corrected chi connectivity index (χ2v) is 13.1. The molecular weight excluding hydrogens is 526 g/mol. The van der Waals surface area contributed by atoms with E-state index in [1.807, 2.05) is 71.0 Å². The van der Waals surface area contributed by atoms with Crippen LogP contribution in [-0.4, -0.2) is 78.1 Å². The number of carbonyl (C=O) groups excluding carboxylic acids is 2. The van der Waals surface area contributed by atoms with Gasteiger partial charge >= 0.3 is 5.97 Å². The number of benzene rings is 2. The summed E-state index contributed by atoms with van der Waals surface area (Å²) in [5.41, 5.74) is 0.369. The van der Waals surface area contributed by atoms with E-state index in [0.29, 0.717) is 12.1 Å². The minimum Gasteiger partial charge on any atom is -0.466 e. The van der Waals surface area contributed by atoms with Crippen LogP contribution in [0.5, 0.6) is 0 Å². The quantitative estimate of drug-likeness (QED) is 0.516. The lowest BCUT2D eigenvalue weighted by Gasteiger charge is -2.43. The number of ether oxygens (including phenoxy) is 6. The summed E-state index contributed by atoms with van der Waals surface area (Å²) in [4.78, 5) is 31.4. The molecule has 6 aliphatic rings. The molecule has 9 atom stereocenters. The van der Waals surface area contributed by atoms with Crippen LogP contribution in [-0.2, 0) is 38.8 Å². The first-order valence-electron chi connectivity index (χ1n) is 14.9. The van der Waals surface area contributed by atoms with Crippen molar-refractivity contribution in [1.82, 2.24) is 4.90 Å². The number of nitrogens with zero attached hydrogens (tertiary/aromatic N) is 1. The monoisotopic (exact) mass is 563 g/mol. The van der Waals surface area contributed by atoms with E-state index in [1.165, 1.54) is 0 Å². The van der Waals surface area contributed by atoms with E-state index in [4.69, 9.17) is 28.4 Å². The van der Waals surface area contributed by atoms with Gasteiger partial charge in [0.15, 0.2) is 23.6 Å². The van der Waals surface area contributed by atoms with Gasteiger partial charge in [-0.25, -0.2) is 0 Å². The van der Waals surface area contributed by atoms with Crippen LogP contribution in [0.25, 0.3) is 10.8 Å². The Hall–Kier alpha value is -2.40. The van der Waals surface area contributed by atoms with Crippen molar-refractivity contribution in [2.75, 3.05) is 13.2 Å². The van der Waals surface area contributed by atoms with Crippen molar-refractivity contribution in [3.63, 3.8) is 0 Å². The summed E-state index contributed by atoms with van der Waals surface area (Å²) in [6, 6.07) is 11.8. The number of hydrogen-bond acceptors (Lipinski definition) is 9. The summed E-state index contributed by atoms with van der Waals surface area (Å²) < 4.78 is 38.1. The van der Waals surface area contributed by atoms with Crippen LogP contribution in [0.4, 0.5) is 0 Å². The summed E-state index contributed by atoms with van der Waals surface area (Å²) in [5, 5.41) is 1.93. The molecule has 5 saturated heterocycles. The molecule has 5 aliphatic heterocycles. The third kappa shape index (κ3) is 3.39. The Kier molecular flexibility index (Phi) is 5.49. The molecule has 2 aromatic rings. The van der Waals surface area contributed by atoms with E-state index >= 15 is 0 Å². The smallest absolute Gasteiger partial charge is 0.312 e. The van der Waals surface area contributed by atoms with E-state index in [2.05, 4.69) is 4.90 Å². The maximum Gasteiger partial charge on any atom is 0.312 e. The van der Waals surface area contributed by atoms with E-state index in [1.54, 1.807) is 0 Å². The first-order chi connectivity index (χ1) is 19.6. The highest BCUT2D eigenvalue weighted by Crippen LogP contribution is 2.62. The van der Waals surface area contributed by atoms with Crippen molar-refractivity contribution in [2.24, 2.45) is 11.8 Å². The van der Waals surface area contributed by atoms with Crippen LogP contribution >= 0.6 is 0 Å². The highest BCUT2D eigenvalue weighted by Gasteiger charge is 2.73. The third-order valence-electron chi connectivity index (χ3n) is 10.0. The molecule has 0 bridgehead atoms. The molecule has 5 fully saturated rings. The largest absolute Gasteiger partial charge is 0.466 e. The van der Waals surface area contributed by atoms with Gasteiger partial charge in [-0.1, -0.05) is 36.4 Å². The number of rotatable bonds is 3. The van der Waals surface area contributed by atoms with Gasteiger partial charge in [-0.2, -0.15) is 0 Å². The van der Waals surface area contributed by atoms with Crippen LogP contribution in [0.15, 0.2) is 36.4 Å². The minimum absolute atomic E-state index is 0.0347. The molecule has 9 nitrogen and oxygen atoms in total. The fourth-order valence-electron chi connectivity index (χ4n) is 9.00. The van der Waals surface area contributed by atoms with Gasteiger partial charge in [0, 0.05) is 17.5 Å². The Morgan fingerprint density at radius 2 is 1.63 bits per heavy atom. The van der Waals surface area contributed by atoms with Gasteiger partial charge in [-0.15, -0.1) is 0 Å². The molecule has 1 aliphatic carbocycles. The summed E-state index contributed by atoms with van der Waals surface area (Å²) in [6.45, 7) is 10.2. The van der Waals surface area contributed by atoms with Crippen molar-refractivity contribution in [3.8, 4) is 0 Å². The number of carbonyl (C=O) groups is 2. The average molecular weight is 564 g/mol. The number of esters is 1. The molecule has 2 aromatic carbocycles. The maximum absolute atomic E-state index is 14.8. The zero-order valence-electron chi connectivity index (χ0n) is 24.1. The fourth-order valence-corrected chi connectivity index (χ4v) is 9.00. The van der Waals surface area contributed by atoms with Crippen molar-refractivity contribution in [3.05, 3.63) is 47.5 Å². The number of fused-ring (bicyclic) bond motifs is 6. The predicted molar refractivity (Wildman–Crippen MR) is 146 cm³/mol. The molecule has 0 amide bonds. The molecule has 218 valence electrons. The van der Waals surface area contributed by atoms with Crippen molar-refractivity contribution < 1.29 is 38.0 Å². The van der Waals surface area contributed by atoms with Crippen molar-refractivity contribution in [1.29, 1.82) is 0 Å². The Bertz CT molecular complexity index is 1450. The Labute approximate surface area is 239 Å². The first-order valence-corrected chi connectivity index (χ1v) is 14.9. The van der Waals surface area contributed by atoms with Gasteiger partial charge in [0.05, 0.1) is 18.6 Å². The highest BCUT2D eigenvalue weighted by molar-refractivity contribution is 6.21. The van der Waals surface area contributed by atoms with E-state index in [-0.39, 0.29) is 24.4 Å². The SMILES string of the molecule is CCOC(=O)[C@@H]1[C@@H](C2O[C@@H]3OC(C)(C)OC3C3OC(C)(C)O[C@H]32)C2CCCN2[C@@]12C(=O)c1cccc3cccc2c13. The molecule has 41 heavy (non-hydrogen) atoms. The van der Waals surface area contributed by atoms with Crippen LogP contribution in [0.2, 0.25) is 0 Å². The summed E-state index contributed by atoms with van der Waals surface area (Å²) in [6.07, 6.45) is -0.975. The molecule has 8 rings (SSSR count). The van der Waals surface area contributed by atoms with E-state index in [9.17, 15) is 9.59 Å². The van der Waals surface area contributed by atoms with Crippen LogP contribution < -0.4 is 0 Å². The molecule has 1 spiro atoms. The van der Waals surface area contributed by atoms with Crippen LogP contribution in [0.1, 0.15) is 63.4 Å². The molecule has 0 aromatic heterocycles. The van der Waals surface area contributed by atoms with Gasteiger partial charge in [0.1, 0.15) is 23.9 Å². The lowest BCUT2D eigenvalue weighted by atomic mass is 9.69. The zero-order valence-corrected chi connectivity index (χ0v) is 24.1. The maximum atomic E-state index is 14.8. The summed E-state index contributed by atoms with van der Waals surface area (Å²) in [5.74, 6) is -3.35. The third-order valence-corrected chi connectivity index (χ3v) is 10.0. The zero-order chi connectivity index (χ0) is 28.5. The van der Waals surface area contributed by atoms with Crippen LogP contribution in [0, 0.1) is 11.8 Å². The molecule has 0 saturated carbocycles. The molecule has 9 heteroatoms. The Balaban J connectivity index is 1.32. The van der Waals surface area contributed by atoms with Gasteiger partial charge in [-0.05, 0) is 70.3 Å². The second kappa shape index (κ2) is 8.58. The Morgan fingerprint density at radius 1 is 0.951 bits per heavy atom. The number of ketones is 1. The van der Waals surface area contributed by atoms with Crippen molar-refractivity contribution >= 4 is 22.5 Å². The lowest BCUT2D eigenvalue weighted by Crippen LogP contribution is -2.60. The standard InChI is InChI=1S/C32H37NO8/c1-6-36-28(35)22-21(23-24-25(39-30(2,3)38-24)26-29(37-23)41-31(4,5)40-26)19-14-9-15-33(19)32(22)18-13-8-11-16-10-7-12-17(20(16)18)27(32)34/h7-8,10-13,19,21-26,29H,6,9,14-15H2,1-5H3/t19?,21-,22-,23?,24-,25?,26?,29+,32+/m0/s1. The first kappa shape index (κ1) is 26.2. The average Bonchev–Trinajstić information content (AvgIpc) is 3.69. The van der Waals surface area contributed by atoms with E-state index in [0.717, 1.165) is 29.2 Å². The normalized spacial score (nSPS) is 41.6. The molecular formula is C32H37NO8. The van der Waals surface area contributed by atoms with Gasteiger partial charge in [0.25, 0.3) is 0 Å². The van der Waals surface area contributed by atoms with Crippen LogP contribution in [0.3, 0.4) is 0 Å². The lowest BCUT2D eigenvalue weighted by molar-refractivity contribution is -0.249. The van der Waals surface area contributed by atoms with Gasteiger partial charge in [0.2, 0.25) is 0 Å². The molecule has 0 radical (unpaired) electrons. The Morgan fingerprint density at radius 3 is 2.39 bits per heavy atom. The minimum atomic E-state index is -1.18. The molecule has 4 unspecified atom stereocenters. The number of hydrogen-bond donors (Lipinski definition) is 0. The van der Waals surface area contributed by atoms with Gasteiger partial charge < -0.3 is 28.4 Å². The van der Waals surface area contributed by atoms with Gasteiger partial charge in [-0.3, -0.25) is 14.5 Å². The molecule has 5 heterocycles. The molecule has 0 N–H and O–H groups in total.